The second-order valence-corrected chi connectivity index (χ2v) is 7.58. The van der Waals surface area contributed by atoms with Crippen LogP contribution >= 0.6 is 0 Å². The molecule has 1 N–H and O–H groups in total. The van der Waals surface area contributed by atoms with Crippen LogP contribution in [0.1, 0.15) is 19.3 Å². The molecule has 1 aromatic carbocycles. The minimum absolute atomic E-state index is 0.00830. The highest BCUT2D eigenvalue weighted by atomic mass is 32.2. The van der Waals surface area contributed by atoms with Gasteiger partial charge in [-0.05, 0) is 31.4 Å². The van der Waals surface area contributed by atoms with Gasteiger partial charge in [0.1, 0.15) is 0 Å². The van der Waals surface area contributed by atoms with Gasteiger partial charge in [0, 0.05) is 25.2 Å². The fourth-order valence-electron chi connectivity index (χ4n) is 3.14. The fraction of sp³-hybridized carbons (Fsp3) is 0.600. The van der Waals surface area contributed by atoms with Gasteiger partial charge in [-0.1, -0.05) is 18.2 Å². The third-order valence-electron chi connectivity index (χ3n) is 4.61. The van der Waals surface area contributed by atoms with E-state index in [-0.39, 0.29) is 5.54 Å². The zero-order valence-electron chi connectivity index (χ0n) is 12.1. The number of morpholine rings is 1. The number of hydrogen-bond acceptors (Lipinski definition) is 4. The SMILES string of the molecule is O=S(=O)(NCC1(N2CCOCC2)CCC1)c1ccccc1. The van der Waals surface area contributed by atoms with Crippen LogP contribution in [-0.4, -0.2) is 51.7 Å². The lowest BCUT2D eigenvalue weighted by atomic mass is 9.75. The lowest BCUT2D eigenvalue weighted by molar-refractivity contribution is -0.0527. The van der Waals surface area contributed by atoms with Gasteiger partial charge in [-0.3, -0.25) is 4.90 Å². The van der Waals surface area contributed by atoms with Gasteiger partial charge in [0.05, 0.1) is 18.1 Å². The number of rotatable bonds is 5. The van der Waals surface area contributed by atoms with Crippen molar-refractivity contribution in [2.24, 2.45) is 0 Å². The van der Waals surface area contributed by atoms with E-state index in [1.54, 1.807) is 24.3 Å². The number of sulfonamides is 1. The van der Waals surface area contributed by atoms with Crippen molar-refractivity contribution in [3.8, 4) is 0 Å². The quantitative estimate of drug-likeness (QED) is 0.888. The summed E-state index contributed by atoms with van der Waals surface area (Å²) >= 11 is 0. The van der Waals surface area contributed by atoms with Crippen molar-refractivity contribution in [3.63, 3.8) is 0 Å². The second-order valence-electron chi connectivity index (χ2n) is 5.81. The standard InChI is InChI=1S/C15H22N2O3S/c18-21(19,14-5-2-1-3-6-14)16-13-15(7-4-8-15)17-9-11-20-12-10-17/h1-3,5-6,16H,4,7-13H2. The average molecular weight is 310 g/mol. The summed E-state index contributed by atoms with van der Waals surface area (Å²) in [7, 11) is -3.42. The second kappa shape index (κ2) is 6.04. The molecule has 0 amide bonds. The third kappa shape index (κ3) is 3.13. The summed E-state index contributed by atoms with van der Waals surface area (Å²) in [5.41, 5.74) is -0.00830. The van der Waals surface area contributed by atoms with Crippen LogP contribution in [0.3, 0.4) is 0 Å². The van der Waals surface area contributed by atoms with Crippen molar-refractivity contribution >= 4 is 10.0 Å². The first-order chi connectivity index (χ1) is 10.1. The Hall–Kier alpha value is -0.950. The predicted molar refractivity (Wildman–Crippen MR) is 80.6 cm³/mol. The molecule has 1 aromatic rings. The molecule has 0 spiro atoms. The van der Waals surface area contributed by atoms with E-state index in [0.29, 0.717) is 11.4 Å². The summed E-state index contributed by atoms with van der Waals surface area (Å²) in [5.74, 6) is 0. The summed E-state index contributed by atoms with van der Waals surface area (Å²) in [4.78, 5) is 2.73. The van der Waals surface area contributed by atoms with E-state index in [2.05, 4.69) is 9.62 Å². The summed E-state index contributed by atoms with van der Waals surface area (Å²) in [6.07, 6.45) is 3.29. The maximum Gasteiger partial charge on any atom is 0.240 e. The number of benzene rings is 1. The first-order valence-corrected chi connectivity index (χ1v) is 8.98. The smallest absolute Gasteiger partial charge is 0.240 e. The molecule has 0 atom stereocenters. The predicted octanol–water partition coefficient (Wildman–Crippen LogP) is 1.22. The lowest BCUT2D eigenvalue weighted by Crippen LogP contribution is -2.62. The van der Waals surface area contributed by atoms with E-state index in [4.69, 9.17) is 4.74 Å². The Kier molecular flexibility index (Phi) is 4.31. The van der Waals surface area contributed by atoms with Crippen LogP contribution in [0.2, 0.25) is 0 Å². The molecule has 1 heterocycles. The molecule has 1 aliphatic heterocycles. The average Bonchev–Trinajstić information content (AvgIpc) is 2.48. The Bertz CT molecular complexity index is 564. The van der Waals surface area contributed by atoms with Gasteiger partial charge < -0.3 is 4.74 Å². The van der Waals surface area contributed by atoms with Crippen LogP contribution < -0.4 is 4.72 Å². The van der Waals surface area contributed by atoms with Crippen LogP contribution in [0.4, 0.5) is 0 Å². The number of ether oxygens (including phenoxy) is 1. The lowest BCUT2D eigenvalue weighted by Gasteiger charge is -2.51. The minimum Gasteiger partial charge on any atom is -0.379 e. The maximum atomic E-state index is 12.3. The minimum atomic E-state index is -3.42. The summed E-state index contributed by atoms with van der Waals surface area (Å²) in [6.45, 7) is 3.77. The Balaban J connectivity index is 1.68. The Labute approximate surface area is 126 Å². The van der Waals surface area contributed by atoms with Crippen molar-refractivity contribution in [2.75, 3.05) is 32.8 Å². The van der Waals surface area contributed by atoms with Crippen molar-refractivity contribution < 1.29 is 13.2 Å². The Morgan fingerprint density at radius 3 is 2.38 bits per heavy atom. The van der Waals surface area contributed by atoms with Gasteiger partial charge in [0.2, 0.25) is 10.0 Å². The van der Waals surface area contributed by atoms with Crippen LogP contribution in [0.5, 0.6) is 0 Å². The molecule has 6 heteroatoms. The van der Waals surface area contributed by atoms with E-state index < -0.39 is 10.0 Å². The van der Waals surface area contributed by atoms with Gasteiger partial charge in [-0.25, -0.2) is 13.1 Å². The maximum absolute atomic E-state index is 12.3. The molecular formula is C15H22N2O3S. The normalized spacial score (nSPS) is 22.7. The zero-order valence-corrected chi connectivity index (χ0v) is 12.9. The number of nitrogens with one attached hydrogen (secondary N) is 1. The Morgan fingerprint density at radius 2 is 1.81 bits per heavy atom. The molecule has 5 nitrogen and oxygen atoms in total. The molecule has 0 unspecified atom stereocenters. The molecule has 116 valence electrons. The highest BCUT2D eigenvalue weighted by Crippen LogP contribution is 2.37. The van der Waals surface area contributed by atoms with Gasteiger partial charge >= 0.3 is 0 Å². The molecule has 2 fully saturated rings. The molecule has 0 bridgehead atoms. The molecule has 1 saturated heterocycles. The summed E-state index contributed by atoms with van der Waals surface area (Å²) in [5, 5.41) is 0. The molecule has 21 heavy (non-hydrogen) atoms. The highest BCUT2D eigenvalue weighted by Gasteiger charge is 2.43. The van der Waals surface area contributed by atoms with E-state index in [9.17, 15) is 8.42 Å². The molecule has 0 aromatic heterocycles. The topological polar surface area (TPSA) is 58.6 Å². The Morgan fingerprint density at radius 1 is 1.14 bits per heavy atom. The number of nitrogens with zero attached hydrogens (tertiary/aromatic N) is 1. The monoisotopic (exact) mass is 310 g/mol. The number of hydrogen-bond donors (Lipinski definition) is 1. The van der Waals surface area contributed by atoms with Crippen molar-refractivity contribution in [3.05, 3.63) is 30.3 Å². The summed E-state index contributed by atoms with van der Waals surface area (Å²) in [6, 6.07) is 8.57. The summed E-state index contributed by atoms with van der Waals surface area (Å²) < 4.78 is 32.9. The first-order valence-electron chi connectivity index (χ1n) is 7.50. The van der Waals surface area contributed by atoms with Gasteiger partial charge in [-0.2, -0.15) is 0 Å². The zero-order chi connectivity index (χ0) is 14.8. The molecule has 2 aliphatic rings. The van der Waals surface area contributed by atoms with E-state index in [1.807, 2.05) is 6.07 Å². The van der Waals surface area contributed by atoms with Crippen LogP contribution in [0.25, 0.3) is 0 Å². The van der Waals surface area contributed by atoms with Gasteiger partial charge in [0.15, 0.2) is 0 Å². The van der Waals surface area contributed by atoms with Crippen molar-refractivity contribution in [1.29, 1.82) is 0 Å². The molecular weight excluding hydrogens is 288 g/mol. The van der Waals surface area contributed by atoms with Gasteiger partial charge in [-0.15, -0.1) is 0 Å². The van der Waals surface area contributed by atoms with E-state index in [1.165, 1.54) is 6.42 Å². The third-order valence-corrected chi connectivity index (χ3v) is 6.03. The molecule has 1 aliphatic carbocycles. The van der Waals surface area contributed by atoms with E-state index in [0.717, 1.165) is 39.1 Å². The van der Waals surface area contributed by atoms with E-state index >= 15 is 0 Å². The van der Waals surface area contributed by atoms with Crippen molar-refractivity contribution in [1.82, 2.24) is 9.62 Å². The first kappa shape index (κ1) is 15.0. The van der Waals surface area contributed by atoms with Gasteiger partial charge in [0.25, 0.3) is 0 Å². The highest BCUT2D eigenvalue weighted by molar-refractivity contribution is 7.89. The van der Waals surface area contributed by atoms with Crippen molar-refractivity contribution in [2.45, 2.75) is 29.7 Å². The molecule has 0 radical (unpaired) electrons. The van der Waals surface area contributed by atoms with Crippen LogP contribution in [-0.2, 0) is 14.8 Å². The molecule has 3 rings (SSSR count). The van der Waals surface area contributed by atoms with Crippen LogP contribution in [0, 0.1) is 0 Å². The largest absolute Gasteiger partial charge is 0.379 e. The molecule has 1 saturated carbocycles. The van der Waals surface area contributed by atoms with Crippen LogP contribution in [0.15, 0.2) is 35.2 Å². The fourth-order valence-corrected chi connectivity index (χ4v) is 4.28.